The van der Waals surface area contributed by atoms with Crippen LogP contribution in [0.3, 0.4) is 0 Å². The number of para-hydroxylation sites is 2. The second-order valence-corrected chi connectivity index (χ2v) is 10.1. The highest BCUT2D eigenvalue weighted by Crippen LogP contribution is 2.39. The summed E-state index contributed by atoms with van der Waals surface area (Å²) < 4.78 is 5.99. The first kappa shape index (κ1) is 12.1. The van der Waals surface area contributed by atoms with Gasteiger partial charge in [-0.1, -0.05) is 32.9 Å². The molecule has 0 radical (unpaired) electrons. The molecular formula is C12H20O2Si. The fraction of sp³-hybridized carbons (Fsp3) is 0.500. The van der Waals surface area contributed by atoms with Crippen molar-refractivity contribution in [3.05, 3.63) is 24.3 Å². The normalized spacial score (nSPS) is 12.6. The molecule has 0 saturated heterocycles. The Bertz CT molecular complexity index is 340. The minimum absolute atomic E-state index is 0.148. The third-order valence-electron chi connectivity index (χ3n) is 3.04. The Kier molecular flexibility index (Phi) is 3.14. The molecule has 15 heavy (non-hydrogen) atoms. The fourth-order valence-corrected chi connectivity index (χ4v) is 2.00. The molecule has 0 saturated carbocycles. The standard InChI is InChI=1S/C12H20O2Si/c1-12(2,3)15(4,5)14-11-9-7-6-8-10(11)13/h6-9,13H,1-5H3. The van der Waals surface area contributed by atoms with Crippen molar-refractivity contribution < 1.29 is 9.53 Å². The Morgan fingerprint density at radius 1 is 1.13 bits per heavy atom. The van der Waals surface area contributed by atoms with Crippen molar-refractivity contribution in [2.75, 3.05) is 0 Å². The zero-order valence-electron chi connectivity index (χ0n) is 10.2. The third kappa shape index (κ3) is 2.75. The van der Waals surface area contributed by atoms with Gasteiger partial charge in [0.1, 0.15) is 5.75 Å². The zero-order valence-corrected chi connectivity index (χ0v) is 11.2. The van der Waals surface area contributed by atoms with Crippen molar-refractivity contribution in [3.63, 3.8) is 0 Å². The summed E-state index contributed by atoms with van der Waals surface area (Å²) in [6, 6.07) is 7.15. The number of hydrogen-bond acceptors (Lipinski definition) is 2. The molecule has 0 heterocycles. The molecule has 0 spiro atoms. The maximum absolute atomic E-state index is 9.64. The summed E-state index contributed by atoms with van der Waals surface area (Å²) in [5, 5.41) is 9.78. The molecule has 0 atom stereocenters. The van der Waals surface area contributed by atoms with E-state index >= 15 is 0 Å². The monoisotopic (exact) mass is 224 g/mol. The van der Waals surface area contributed by atoms with Crippen molar-refractivity contribution in [3.8, 4) is 11.5 Å². The van der Waals surface area contributed by atoms with E-state index in [1.165, 1.54) is 0 Å². The molecule has 2 nitrogen and oxygen atoms in total. The number of aromatic hydroxyl groups is 1. The van der Waals surface area contributed by atoms with E-state index in [1.54, 1.807) is 12.1 Å². The lowest BCUT2D eigenvalue weighted by molar-refractivity contribution is 0.422. The highest BCUT2D eigenvalue weighted by atomic mass is 28.4. The predicted molar refractivity (Wildman–Crippen MR) is 65.9 cm³/mol. The summed E-state index contributed by atoms with van der Waals surface area (Å²) in [5.41, 5.74) is 0. The SMILES string of the molecule is CC(C)(C)[Si](C)(C)Oc1ccccc1O. The van der Waals surface area contributed by atoms with Gasteiger partial charge in [-0.2, -0.15) is 0 Å². The van der Waals surface area contributed by atoms with Crippen molar-refractivity contribution in [1.82, 2.24) is 0 Å². The average Bonchev–Trinajstić information content (AvgIpc) is 2.06. The number of hydrogen-bond donors (Lipinski definition) is 1. The summed E-state index contributed by atoms with van der Waals surface area (Å²) in [7, 11) is -1.84. The first-order valence-electron chi connectivity index (χ1n) is 5.21. The molecule has 1 aromatic carbocycles. The Morgan fingerprint density at radius 3 is 2.13 bits per heavy atom. The molecule has 0 bridgehead atoms. The van der Waals surface area contributed by atoms with E-state index in [0.29, 0.717) is 5.75 Å². The number of phenolic OH excluding ortho intramolecular Hbond substituents is 1. The first-order chi connectivity index (χ1) is 6.74. The molecule has 0 aliphatic heterocycles. The van der Waals surface area contributed by atoms with Gasteiger partial charge in [-0.3, -0.25) is 0 Å². The van der Waals surface area contributed by atoms with Crippen molar-refractivity contribution in [2.45, 2.75) is 38.9 Å². The quantitative estimate of drug-likeness (QED) is 0.775. The molecule has 0 aliphatic rings. The Labute approximate surface area is 93.0 Å². The number of phenols is 1. The van der Waals surface area contributed by atoms with Crippen LogP contribution in [0.1, 0.15) is 20.8 Å². The van der Waals surface area contributed by atoms with E-state index in [2.05, 4.69) is 33.9 Å². The highest BCUT2D eigenvalue weighted by Gasteiger charge is 2.39. The predicted octanol–water partition coefficient (Wildman–Crippen LogP) is 3.78. The van der Waals surface area contributed by atoms with Gasteiger partial charge in [0.15, 0.2) is 5.75 Å². The Balaban J connectivity index is 2.92. The number of rotatable bonds is 2. The van der Waals surface area contributed by atoms with Gasteiger partial charge in [-0.05, 0) is 30.3 Å². The molecule has 1 rings (SSSR count). The summed E-state index contributed by atoms with van der Waals surface area (Å²) in [5.74, 6) is 0.825. The molecule has 0 unspecified atom stereocenters. The zero-order chi connectivity index (χ0) is 11.7. The third-order valence-corrected chi connectivity index (χ3v) is 7.38. The number of benzene rings is 1. The van der Waals surface area contributed by atoms with Crippen LogP contribution in [0.5, 0.6) is 11.5 Å². The molecule has 1 N–H and O–H groups in total. The van der Waals surface area contributed by atoms with Gasteiger partial charge < -0.3 is 9.53 Å². The first-order valence-corrected chi connectivity index (χ1v) is 8.12. The average molecular weight is 224 g/mol. The maximum Gasteiger partial charge on any atom is 0.250 e. The summed E-state index contributed by atoms with van der Waals surface area (Å²) in [6.45, 7) is 10.9. The smallest absolute Gasteiger partial charge is 0.250 e. The maximum atomic E-state index is 9.64. The van der Waals surface area contributed by atoms with Crippen LogP contribution < -0.4 is 4.43 Å². The second kappa shape index (κ2) is 3.89. The van der Waals surface area contributed by atoms with E-state index in [0.717, 1.165) is 0 Å². The van der Waals surface area contributed by atoms with Crippen molar-refractivity contribution >= 4 is 8.32 Å². The van der Waals surface area contributed by atoms with Gasteiger partial charge in [0.05, 0.1) is 0 Å². The molecule has 1 aromatic rings. The van der Waals surface area contributed by atoms with Gasteiger partial charge in [0, 0.05) is 0 Å². The van der Waals surface area contributed by atoms with Crippen molar-refractivity contribution in [2.24, 2.45) is 0 Å². The lowest BCUT2D eigenvalue weighted by Crippen LogP contribution is -2.43. The summed E-state index contributed by atoms with van der Waals surface area (Å²) in [4.78, 5) is 0. The van der Waals surface area contributed by atoms with E-state index < -0.39 is 8.32 Å². The van der Waals surface area contributed by atoms with Crippen LogP contribution in [0.4, 0.5) is 0 Å². The van der Waals surface area contributed by atoms with Crippen LogP contribution >= 0.6 is 0 Å². The lowest BCUT2D eigenvalue weighted by Gasteiger charge is -2.36. The van der Waals surface area contributed by atoms with Gasteiger partial charge in [-0.25, -0.2) is 0 Å². The molecular weight excluding hydrogens is 204 g/mol. The lowest BCUT2D eigenvalue weighted by atomic mass is 10.2. The van der Waals surface area contributed by atoms with Gasteiger partial charge in [0.25, 0.3) is 8.32 Å². The van der Waals surface area contributed by atoms with Crippen molar-refractivity contribution in [1.29, 1.82) is 0 Å². The molecule has 0 fully saturated rings. The largest absolute Gasteiger partial charge is 0.541 e. The van der Waals surface area contributed by atoms with Crippen LogP contribution in [0.25, 0.3) is 0 Å². The van der Waals surface area contributed by atoms with E-state index in [-0.39, 0.29) is 10.8 Å². The Hall–Kier alpha value is -0.963. The van der Waals surface area contributed by atoms with Gasteiger partial charge in [-0.15, -0.1) is 0 Å². The minimum Gasteiger partial charge on any atom is -0.541 e. The van der Waals surface area contributed by atoms with Crippen LogP contribution in [0.2, 0.25) is 18.1 Å². The van der Waals surface area contributed by atoms with Gasteiger partial charge >= 0.3 is 0 Å². The molecule has 0 amide bonds. The molecule has 84 valence electrons. The van der Waals surface area contributed by atoms with Crippen LogP contribution in [-0.4, -0.2) is 13.4 Å². The Morgan fingerprint density at radius 2 is 1.67 bits per heavy atom. The molecule has 0 aliphatic carbocycles. The molecule has 0 aromatic heterocycles. The van der Waals surface area contributed by atoms with E-state index in [1.807, 2.05) is 12.1 Å². The van der Waals surface area contributed by atoms with Gasteiger partial charge in [0.2, 0.25) is 0 Å². The van der Waals surface area contributed by atoms with E-state index in [4.69, 9.17) is 4.43 Å². The highest BCUT2D eigenvalue weighted by molar-refractivity contribution is 6.74. The van der Waals surface area contributed by atoms with Crippen LogP contribution in [0.15, 0.2) is 24.3 Å². The summed E-state index contributed by atoms with van der Waals surface area (Å²) >= 11 is 0. The molecule has 3 heteroatoms. The van der Waals surface area contributed by atoms with E-state index in [9.17, 15) is 5.11 Å². The van der Waals surface area contributed by atoms with Crippen LogP contribution in [0, 0.1) is 0 Å². The topological polar surface area (TPSA) is 29.5 Å². The second-order valence-electron chi connectivity index (χ2n) is 5.33. The fourth-order valence-electron chi connectivity index (χ4n) is 0.971. The summed E-state index contributed by atoms with van der Waals surface area (Å²) in [6.07, 6.45) is 0. The minimum atomic E-state index is -1.84. The van der Waals surface area contributed by atoms with Crippen LogP contribution in [-0.2, 0) is 0 Å².